The molecule has 5 nitrogen and oxygen atoms in total. The number of rotatable bonds is 4. The fraction of sp³-hybridized carbons (Fsp3) is 0.125. The number of hydrazine groups is 1. The van der Waals surface area contributed by atoms with E-state index in [1.165, 1.54) is 24.3 Å². The minimum atomic E-state index is -0.844. The molecule has 3 aromatic carbocycles. The monoisotopic (exact) mass is 436 g/mol. The fourth-order valence-corrected chi connectivity index (χ4v) is 3.61. The van der Waals surface area contributed by atoms with Crippen LogP contribution in [0.3, 0.4) is 0 Å². The van der Waals surface area contributed by atoms with Gasteiger partial charge in [-0.05, 0) is 55.5 Å². The Balaban J connectivity index is 1.69. The van der Waals surface area contributed by atoms with E-state index in [-0.39, 0.29) is 11.5 Å². The Labute approximate surface area is 184 Å². The summed E-state index contributed by atoms with van der Waals surface area (Å²) in [6, 6.07) is 18.8. The van der Waals surface area contributed by atoms with Crippen molar-refractivity contribution in [3.8, 4) is 0 Å². The van der Waals surface area contributed by atoms with Gasteiger partial charge in [-0.3, -0.25) is 9.59 Å². The molecule has 0 radical (unpaired) electrons. The number of amides is 2. The molecule has 4 rings (SSSR count). The molecule has 0 saturated carbocycles. The van der Waals surface area contributed by atoms with Crippen LogP contribution in [0.15, 0.2) is 72.8 Å². The van der Waals surface area contributed by atoms with Gasteiger partial charge in [-0.2, -0.15) is 0 Å². The minimum absolute atomic E-state index is 0.275. The highest BCUT2D eigenvalue weighted by Crippen LogP contribution is 2.26. The average Bonchev–Trinajstić information content (AvgIpc) is 3.05. The number of halogens is 2. The molecule has 7 heteroatoms. The highest BCUT2D eigenvalue weighted by Gasteiger charge is 2.47. The molecule has 156 valence electrons. The summed E-state index contributed by atoms with van der Waals surface area (Å²) in [4.78, 5) is 25.6. The second kappa shape index (κ2) is 8.70. The summed E-state index contributed by atoms with van der Waals surface area (Å²) in [5, 5.41) is 3.41. The third-order valence-corrected chi connectivity index (χ3v) is 5.36. The Kier molecular flexibility index (Phi) is 5.82. The van der Waals surface area contributed by atoms with Crippen LogP contribution in [0, 0.1) is 12.7 Å². The van der Waals surface area contributed by atoms with Crippen molar-refractivity contribution in [2.24, 2.45) is 0 Å². The topological polar surface area (TPSA) is 61.2 Å². The SMILES string of the molecule is Cc1ccc([C@@H]2[C@H](NC(=O)c3ccc(F)cc3)C(=O)N/[N+]2=C\c2ccc(Cl)cc2)cc1. The predicted molar refractivity (Wildman–Crippen MR) is 117 cm³/mol. The van der Waals surface area contributed by atoms with E-state index in [0.717, 1.165) is 16.7 Å². The van der Waals surface area contributed by atoms with Gasteiger partial charge in [0.05, 0.1) is 0 Å². The molecule has 1 aliphatic rings. The molecule has 0 unspecified atom stereocenters. The number of hydrazone groups is 1. The standard InChI is InChI=1S/C24H19ClFN3O2/c1-15-2-6-17(7-3-15)22-21(27-23(30)18-8-12-20(26)13-9-18)24(31)28-29(22)14-16-4-10-19(25)11-5-16/h2-14,21-22H,1H3,(H-,27,28,30,31)/p+1/b29-14-/t21-,22+/m0/s1. The van der Waals surface area contributed by atoms with Crippen molar-refractivity contribution in [1.82, 2.24) is 10.7 Å². The van der Waals surface area contributed by atoms with Crippen molar-refractivity contribution in [3.63, 3.8) is 0 Å². The van der Waals surface area contributed by atoms with Crippen LogP contribution < -0.4 is 10.7 Å². The van der Waals surface area contributed by atoms with E-state index in [1.807, 2.05) is 43.3 Å². The maximum Gasteiger partial charge on any atom is 0.304 e. The van der Waals surface area contributed by atoms with E-state index in [9.17, 15) is 14.0 Å². The number of carbonyl (C=O) groups excluding carboxylic acids is 2. The molecule has 2 N–H and O–H groups in total. The second-order valence-corrected chi connectivity index (χ2v) is 7.81. The largest absolute Gasteiger partial charge is 0.334 e. The predicted octanol–water partition coefficient (Wildman–Crippen LogP) is 3.80. The number of benzene rings is 3. The van der Waals surface area contributed by atoms with Crippen LogP contribution in [-0.2, 0) is 4.79 Å². The Morgan fingerprint density at radius 2 is 1.68 bits per heavy atom. The van der Waals surface area contributed by atoms with E-state index in [0.29, 0.717) is 5.02 Å². The summed E-state index contributed by atoms with van der Waals surface area (Å²) in [6.45, 7) is 1.98. The first-order chi connectivity index (χ1) is 14.9. The van der Waals surface area contributed by atoms with Crippen molar-refractivity contribution in [3.05, 3.63) is 106 Å². The van der Waals surface area contributed by atoms with Gasteiger partial charge in [-0.25, -0.2) is 4.39 Å². The lowest BCUT2D eigenvalue weighted by molar-refractivity contribution is -0.596. The Morgan fingerprint density at radius 3 is 2.32 bits per heavy atom. The van der Waals surface area contributed by atoms with Crippen molar-refractivity contribution in [1.29, 1.82) is 0 Å². The summed E-state index contributed by atoms with van der Waals surface area (Å²) < 4.78 is 14.9. The number of carbonyl (C=O) groups is 2. The first-order valence-corrected chi connectivity index (χ1v) is 10.1. The molecule has 0 spiro atoms. The molecular formula is C24H20ClFN3O2+. The molecule has 0 bridgehead atoms. The lowest BCUT2D eigenvalue weighted by Gasteiger charge is -2.15. The summed E-state index contributed by atoms with van der Waals surface area (Å²) in [5.41, 5.74) is 5.89. The van der Waals surface area contributed by atoms with E-state index in [2.05, 4.69) is 10.7 Å². The lowest BCUT2D eigenvalue weighted by atomic mass is 9.98. The van der Waals surface area contributed by atoms with E-state index < -0.39 is 23.8 Å². The maximum atomic E-state index is 13.2. The summed E-state index contributed by atoms with van der Waals surface area (Å²) in [7, 11) is 0. The number of hydrogen-bond acceptors (Lipinski definition) is 2. The molecule has 1 fully saturated rings. The Hall–Kier alpha value is -3.51. The van der Waals surface area contributed by atoms with Crippen molar-refractivity contribution < 1.29 is 18.7 Å². The van der Waals surface area contributed by atoms with Gasteiger partial charge >= 0.3 is 5.91 Å². The molecule has 3 aromatic rings. The van der Waals surface area contributed by atoms with E-state index in [1.54, 1.807) is 23.0 Å². The summed E-state index contributed by atoms with van der Waals surface area (Å²) >= 11 is 5.97. The molecule has 0 aromatic heterocycles. The zero-order chi connectivity index (χ0) is 22.0. The third-order valence-electron chi connectivity index (χ3n) is 5.11. The zero-order valence-electron chi connectivity index (χ0n) is 16.7. The maximum absolute atomic E-state index is 13.2. The molecule has 31 heavy (non-hydrogen) atoms. The fourth-order valence-electron chi connectivity index (χ4n) is 3.48. The molecule has 1 aliphatic heterocycles. The van der Waals surface area contributed by atoms with Crippen LogP contribution in [0.2, 0.25) is 5.02 Å². The smallest absolute Gasteiger partial charge is 0.304 e. The molecule has 0 aliphatic carbocycles. The van der Waals surface area contributed by atoms with Crippen LogP contribution in [-0.4, -0.2) is 28.8 Å². The molecule has 1 heterocycles. The number of aryl methyl sites for hydroxylation is 1. The van der Waals surface area contributed by atoms with Crippen molar-refractivity contribution >= 4 is 29.6 Å². The first-order valence-electron chi connectivity index (χ1n) is 9.73. The average molecular weight is 437 g/mol. The van der Waals surface area contributed by atoms with Crippen LogP contribution in [0.5, 0.6) is 0 Å². The van der Waals surface area contributed by atoms with Gasteiger partial charge in [0.2, 0.25) is 12.3 Å². The van der Waals surface area contributed by atoms with E-state index >= 15 is 0 Å². The highest BCUT2D eigenvalue weighted by molar-refractivity contribution is 6.30. The minimum Gasteiger partial charge on any atom is -0.334 e. The lowest BCUT2D eigenvalue weighted by Crippen LogP contribution is -2.42. The van der Waals surface area contributed by atoms with Crippen molar-refractivity contribution in [2.45, 2.75) is 19.0 Å². The molecule has 1 saturated heterocycles. The van der Waals surface area contributed by atoms with Gasteiger partial charge in [0.25, 0.3) is 5.91 Å². The third kappa shape index (κ3) is 4.64. The first kappa shape index (κ1) is 20.8. The van der Waals surface area contributed by atoms with Crippen molar-refractivity contribution in [2.75, 3.05) is 0 Å². The molecule has 2 amide bonds. The van der Waals surface area contributed by atoms with Crippen LogP contribution in [0.25, 0.3) is 0 Å². The number of hydrogen-bond donors (Lipinski definition) is 2. The van der Waals surface area contributed by atoms with Crippen LogP contribution in [0.1, 0.15) is 33.1 Å². The summed E-state index contributed by atoms with van der Waals surface area (Å²) in [5.74, 6) is -1.23. The highest BCUT2D eigenvalue weighted by atomic mass is 35.5. The number of nitrogens with one attached hydrogen (secondary N) is 2. The quantitative estimate of drug-likeness (QED) is 0.611. The second-order valence-electron chi connectivity index (χ2n) is 7.38. The van der Waals surface area contributed by atoms with Gasteiger partial charge in [0.15, 0.2) is 6.04 Å². The normalized spacial score (nSPS) is 19.3. The van der Waals surface area contributed by atoms with Crippen LogP contribution in [0.4, 0.5) is 4.39 Å². The molecule has 2 atom stereocenters. The number of nitrogens with zero attached hydrogens (tertiary/aromatic N) is 1. The van der Waals surface area contributed by atoms with Crippen LogP contribution >= 0.6 is 11.6 Å². The van der Waals surface area contributed by atoms with Gasteiger partial charge in [0, 0.05) is 21.7 Å². The molecular weight excluding hydrogens is 417 g/mol. The Morgan fingerprint density at radius 1 is 1.03 bits per heavy atom. The van der Waals surface area contributed by atoms with E-state index in [4.69, 9.17) is 11.6 Å². The van der Waals surface area contributed by atoms with Gasteiger partial charge in [-0.15, -0.1) is 10.1 Å². The van der Waals surface area contributed by atoms with Gasteiger partial charge < -0.3 is 5.32 Å². The van der Waals surface area contributed by atoms with Gasteiger partial charge in [0.1, 0.15) is 5.82 Å². The Bertz CT molecular complexity index is 1140. The summed E-state index contributed by atoms with van der Waals surface area (Å²) in [6.07, 6.45) is 1.79. The zero-order valence-corrected chi connectivity index (χ0v) is 17.4. The van der Waals surface area contributed by atoms with Gasteiger partial charge in [-0.1, -0.05) is 41.4 Å².